The first kappa shape index (κ1) is 17.5. The number of rotatable bonds is 7. The molecule has 132 valence electrons. The van der Waals surface area contributed by atoms with E-state index in [0.29, 0.717) is 6.54 Å². The van der Waals surface area contributed by atoms with E-state index in [4.69, 9.17) is 0 Å². The molecule has 1 aliphatic rings. The molecule has 0 saturated heterocycles. The van der Waals surface area contributed by atoms with E-state index in [-0.39, 0.29) is 17.9 Å². The van der Waals surface area contributed by atoms with Gasteiger partial charge in [0.15, 0.2) is 5.96 Å². The summed E-state index contributed by atoms with van der Waals surface area (Å²) in [6.45, 7) is 1.65. The van der Waals surface area contributed by atoms with Crippen LogP contribution in [0.25, 0.3) is 0 Å². The number of benzene rings is 2. The lowest BCUT2D eigenvalue weighted by molar-refractivity contribution is 0.265. The number of hydrogen-bond acceptors (Lipinski definition) is 2. The molecule has 25 heavy (non-hydrogen) atoms. The van der Waals surface area contributed by atoms with Crippen LogP contribution in [0.5, 0.6) is 0 Å². The standard InChI is InChI=1S/C21H27N3O/c1-22-20(23-14-18(15-25)17-8-4-2-5-9-17)24-16-21(12-13-21)19-10-6-3-7-11-19/h2-11,18,25H,12-16H2,1H3,(H2,22,23,24). The summed E-state index contributed by atoms with van der Waals surface area (Å²) in [6, 6.07) is 20.8. The van der Waals surface area contributed by atoms with Crippen molar-refractivity contribution in [2.24, 2.45) is 4.99 Å². The van der Waals surface area contributed by atoms with Gasteiger partial charge in [0.05, 0.1) is 6.61 Å². The third-order valence-electron chi connectivity index (χ3n) is 5.06. The maximum Gasteiger partial charge on any atom is 0.191 e. The maximum absolute atomic E-state index is 9.68. The van der Waals surface area contributed by atoms with E-state index in [9.17, 15) is 5.11 Å². The lowest BCUT2D eigenvalue weighted by atomic mass is 9.96. The molecule has 0 spiro atoms. The fraction of sp³-hybridized carbons (Fsp3) is 0.381. The summed E-state index contributed by atoms with van der Waals surface area (Å²) in [6.07, 6.45) is 2.43. The van der Waals surface area contributed by atoms with Crippen LogP contribution in [0.4, 0.5) is 0 Å². The zero-order valence-corrected chi connectivity index (χ0v) is 14.8. The van der Waals surface area contributed by atoms with Crippen molar-refractivity contribution in [1.82, 2.24) is 10.6 Å². The number of nitrogens with zero attached hydrogens (tertiary/aromatic N) is 1. The van der Waals surface area contributed by atoms with Gasteiger partial charge < -0.3 is 15.7 Å². The van der Waals surface area contributed by atoms with Crippen molar-refractivity contribution >= 4 is 5.96 Å². The molecule has 0 radical (unpaired) electrons. The maximum atomic E-state index is 9.68. The number of guanidine groups is 1. The van der Waals surface area contributed by atoms with Crippen molar-refractivity contribution in [3.63, 3.8) is 0 Å². The van der Waals surface area contributed by atoms with Gasteiger partial charge in [0.25, 0.3) is 0 Å². The van der Waals surface area contributed by atoms with Crippen molar-refractivity contribution in [3.05, 3.63) is 71.8 Å². The summed E-state index contributed by atoms with van der Waals surface area (Å²) in [5.74, 6) is 0.848. The van der Waals surface area contributed by atoms with Crippen LogP contribution in [-0.4, -0.2) is 37.8 Å². The molecule has 3 N–H and O–H groups in total. The van der Waals surface area contributed by atoms with Gasteiger partial charge in [-0.2, -0.15) is 0 Å². The first-order valence-electron chi connectivity index (χ1n) is 8.93. The Morgan fingerprint density at radius 2 is 1.68 bits per heavy atom. The minimum absolute atomic E-state index is 0.0590. The van der Waals surface area contributed by atoms with Crippen LogP contribution >= 0.6 is 0 Å². The van der Waals surface area contributed by atoms with E-state index < -0.39 is 0 Å². The van der Waals surface area contributed by atoms with E-state index >= 15 is 0 Å². The van der Waals surface area contributed by atoms with E-state index in [1.165, 1.54) is 18.4 Å². The Kier molecular flexibility index (Phi) is 5.71. The summed E-state index contributed by atoms with van der Waals surface area (Å²) in [7, 11) is 1.79. The molecule has 0 bridgehead atoms. The quantitative estimate of drug-likeness (QED) is 0.538. The Labute approximate surface area is 150 Å². The average molecular weight is 337 g/mol. The van der Waals surface area contributed by atoms with E-state index in [1.54, 1.807) is 7.05 Å². The molecular weight excluding hydrogens is 310 g/mol. The van der Waals surface area contributed by atoms with Crippen LogP contribution in [0.3, 0.4) is 0 Å². The first-order chi connectivity index (χ1) is 12.3. The van der Waals surface area contributed by atoms with Gasteiger partial charge >= 0.3 is 0 Å². The first-order valence-corrected chi connectivity index (χ1v) is 8.93. The van der Waals surface area contributed by atoms with Gasteiger partial charge in [-0.3, -0.25) is 4.99 Å². The monoisotopic (exact) mass is 337 g/mol. The molecule has 2 aromatic rings. The molecule has 1 saturated carbocycles. The van der Waals surface area contributed by atoms with Crippen LogP contribution in [0.2, 0.25) is 0 Å². The van der Waals surface area contributed by atoms with Crippen LogP contribution in [0.1, 0.15) is 29.9 Å². The predicted molar refractivity (Wildman–Crippen MR) is 103 cm³/mol. The van der Waals surface area contributed by atoms with Gasteiger partial charge in [-0.25, -0.2) is 0 Å². The molecular formula is C21H27N3O. The lowest BCUT2D eigenvalue weighted by Gasteiger charge is -2.21. The molecule has 0 heterocycles. The smallest absolute Gasteiger partial charge is 0.191 e. The molecule has 2 aromatic carbocycles. The Morgan fingerprint density at radius 1 is 1.04 bits per heavy atom. The molecule has 4 nitrogen and oxygen atoms in total. The fourth-order valence-corrected chi connectivity index (χ4v) is 3.22. The van der Waals surface area contributed by atoms with Crippen molar-refractivity contribution in [3.8, 4) is 0 Å². The summed E-state index contributed by atoms with van der Waals surface area (Å²) in [5, 5.41) is 16.5. The zero-order chi connectivity index (χ0) is 17.5. The minimum Gasteiger partial charge on any atom is -0.396 e. The van der Waals surface area contributed by atoms with Crippen LogP contribution in [0, 0.1) is 0 Å². The number of hydrogen-bond donors (Lipinski definition) is 3. The highest BCUT2D eigenvalue weighted by Gasteiger charge is 2.43. The van der Waals surface area contributed by atoms with Crippen molar-refractivity contribution < 1.29 is 5.11 Å². The SMILES string of the molecule is CN=C(NCC(CO)c1ccccc1)NCC1(c2ccccc2)CC1. The van der Waals surface area contributed by atoms with Crippen molar-refractivity contribution in [2.75, 3.05) is 26.7 Å². The van der Waals surface area contributed by atoms with Crippen molar-refractivity contribution in [2.45, 2.75) is 24.2 Å². The highest BCUT2D eigenvalue weighted by atomic mass is 16.3. The normalized spacial score (nSPS) is 17.0. The van der Waals surface area contributed by atoms with Gasteiger partial charge in [-0.15, -0.1) is 0 Å². The summed E-state index contributed by atoms with van der Waals surface area (Å²) in [5.41, 5.74) is 2.78. The van der Waals surface area contributed by atoms with Crippen LogP contribution < -0.4 is 10.6 Å². The average Bonchev–Trinajstić information content (AvgIpc) is 3.47. The summed E-state index contributed by atoms with van der Waals surface area (Å²) in [4.78, 5) is 4.33. The molecule has 0 aromatic heterocycles. The predicted octanol–water partition coefficient (Wildman–Crippen LogP) is 2.66. The number of aliphatic hydroxyl groups is 1. The molecule has 1 fully saturated rings. The molecule has 0 amide bonds. The topological polar surface area (TPSA) is 56.7 Å². The fourth-order valence-electron chi connectivity index (χ4n) is 3.22. The van der Waals surface area contributed by atoms with Gasteiger partial charge in [-0.1, -0.05) is 60.7 Å². The zero-order valence-electron chi connectivity index (χ0n) is 14.8. The second-order valence-corrected chi connectivity index (χ2v) is 6.74. The Hall–Kier alpha value is -2.33. The molecule has 0 aliphatic heterocycles. The minimum atomic E-state index is 0.0590. The van der Waals surface area contributed by atoms with E-state index in [0.717, 1.165) is 18.1 Å². The summed E-state index contributed by atoms with van der Waals surface area (Å²) >= 11 is 0. The van der Waals surface area contributed by atoms with Gasteiger partial charge in [0, 0.05) is 31.5 Å². The largest absolute Gasteiger partial charge is 0.396 e. The highest BCUT2D eigenvalue weighted by Crippen LogP contribution is 2.47. The molecule has 1 unspecified atom stereocenters. The van der Waals surface area contributed by atoms with Crippen LogP contribution in [0.15, 0.2) is 65.7 Å². The van der Waals surface area contributed by atoms with Crippen molar-refractivity contribution in [1.29, 1.82) is 0 Å². The molecule has 3 rings (SSSR count). The van der Waals surface area contributed by atoms with Gasteiger partial charge in [-0.05, 0) is 24.0 Å². The van der Waals surface area contributed by atoms with Gasteiger partial charge in [0.2, 0.25) is 0 Å². The Balaban J connectivity index is 1.53. The second kappa shape index (κ2) is 8.17. The number of nitrogens with one attached hydrogen (secondary N) is 2. The number of aliphatic imine (C=N–C) groups is 1. The lowest BCUT2D eigenvalue weighted by Crippen LogP contribution is -2.43. The molecule has 1 atom stereocenters. The number of aliphatic hydroxyl groups excluding tert-OH is 1. The van der Waals surface area contributed by atoms with Crippen LogP contribution in [-0.2, 0) is 5.41 Å². The van der Waals surface area contributed by atoms with E-state index in [2.05, 4.69) is 46.0 Å². The Morgan fingerprint density at radius 3 is 2.24 bits per heavy atom. The highest BCUT2D eigenvalue weighted by molar-refractivity contribution is 5.79. The third kappa shape index (κ3) is 4.40. The molecule has 4 heteroatoms. The Bertz CT molecular complexity index is 681. The third-order valence-corrected chi connectivity index (χ3v) is 5.06. The molecule has 1 aliphatic carbocycles. The van der Waals surface area contributed by atoms with E-state index in [1.807, 2.05) is 30.3 Å². The second-order valence-electron chi connectivity index (χ2n) is 6.74. The summed E-state index contributed by atoms with van der Waals surface area (Å²) < 4.78 is 0. The van der Waals surface area contributed by atoms with Gasteiger partial charge in [0.1, 0.15) is 0 Å².